The van der Waals surface area contributed by atoms with E-state index in [2.05, 4.69) is 26.1 Å². The maximum Gasteiger partial charge on any atom is 0.174 e. The van der Waals surface area contributed by atoms with Crippen molar-refractivity contribution >= 4 is 0 Å². The molecule has 1 aromatic carbocycles. The highest BCUT2D eigenvalue weighted by atomic mass is 16.5. The molecule has 0 spiro atoms. The summed E-state index contributed by atoms with van der Waals surface area (Å²) in [4.78, 5) is 0. The van der Waals surface area contributed by atoms with Crippen molar-refractivity contribution in [2.24, 2.45) is 5.92 Å². The molecule has 1 rings (SSSR count). The second-order valence-corrected chi connectivity index (χ2v) is 5.12. The van der Waals surface area contributed by atoms with Crippen LogP contribution in [0, 0.1) is 17.2 Å². The summed E-state index contributed by atoms with van der Waals surface area (Å²) in [6.45, 7) is 7.73. The molecule has 0 bridgehead atoms. The molecule has 19 heavy (non-hydrogen) atoms. The molecule has 0 aliphatic carbocycles. The van der Waals surface area contributed by atoms with Gasteiger partial charge in [0.25, 0.3) is 0 Å². The fraction of sp³-hybridized carbons (Fsp3) is 0.562. The lowest BCUT2D eigenvalue weighted by Crippen LogP contribution is -2.27. The normalized spacial score (nSPS) is 13.6. The number of hydrogen-bond donors (Lipinski definition) is 1. The fourth-order valence-corrected chi connectivity index (χ4v) is 1.96. The van der Waals surface area contributed by atoms with Crippen LogP contribution in [0.5, 0.6) is 5.75 Å². The van der Waals surface area contributed by atoms with E-state index in [9.17, 15) is 0 Å². The Hall–Kier alpha value is -1.53. The number of nitrogens with one attached hydrogen (secondary N) is 1. The van der Waals surface area contributed by atoms with Crippen LogP contribution in [0.1, 0.15) is 39.2 Å². The van der Waals surface area contributed by atoms with E-state index in [1.165, 1.54) is 18.4 Å². The van der Waals surface area contributed by atoms with E-state index in [1.54, 1.807) is 0 Å². The summed E-state index contributed by atoms with van der Waals surface area (Å²) in [5.74, 6) is 1.52. The van der Waals surface area contributed by atoms with E-state index in [-0.39, 0.29) is 6.61 Å². The van der Waals surface area contributed by atoms with Crippen molar-refractivity contribution in [3.63, 3.8) is 0 Å². The molecule has 3 heteroatoms. The van der Waals surface area contributed by atoms with Crippen molar-refractivity contribution in [1.29, 1.82) is 5.26 Å². The van der Waals surface area contributed by atoms with Gasteiger partial charge in [0.05, 0.1) is 0 Å². The van der Waals surface area contributed by atoms with Gasteiger partial charge in [0.2, 0.25) is 0 Å². The molecular weight excluding hydrogens is 236 g/mol. The van der Waals surface area contributed by atoms with Crippen LogP contribution in [0.15, 0.2) is 24.3 Å². The van der Waals surface area contributed by atoms with Crippen LogP contribution in [0.4, 0.5) is 0 Å². The number of benzene rings is 1. The first-order valence-corrected chi connectivity index (χ1v) is 6.97. The molecule has 0 aromatic heterocycles. The lowest BCUT2D eigenvalue weighted by Gasteiger charge is -2.17. The van der Waals surface area contributed by atoms with E-state index < -0.39 is 0 Å². The smallest absolute Gasteiger partial charge is 0.174 e. The third kappa shape index (κ3) is 6.26. The predicted octanol–water partition coefficient (Wildman–Crippen LogP) is 3.50. The minimum Gasteiger partial charge on any atom is -0.479 e. The van der Waals surface area contributed by atoms with Gasteiger partial charge in [0, 0.05) is 12.6 Å². The highest BCUT2D eigenvalue weighted by molar-refractivity contribution is 5.27. The molecule has 0 aliphatic heterocycles. The van der Waals surface area contributed by atoms with Crippen molar-refractivity contribution in [2.45, 2.75) is 46.2 Å². The molecule has 1 N–H and O–H groups in total. The van der Waals surface area contributed by atoms with Gasteiger partial charge in [-0.05, 0) is 37.0 Å². The zero-order valence-electron chi connectivity index (χ0n) is 12.1. The molecule has 0 heterocycles. The average molecular weight is 260 g/mol. The summed E-state index contributed by atoms with van der Waals surface area (Å²) < 4.78 is 5.22. The molecule has 1 aromatic rings. The molecule has 0 aliphatic rings. The maximum absolute atomic E-state index is 8.43. The Morgan fingerprint density at radius 2 is 1.95 bits per heavy atom. The zero-order chi connectivity index (χ0) is 14.1. The van der Waals surface area contributed by atoms with E-state index in [0.29, 0.717) is 6.04 Å². The summed E-state index contributed by atoms with van der Waals surface area (Å²) in [7, 11) is 0. The first kappa shape index (κ1) is 15.5. The third-order valence-corrected chi connectivity index (χ3v) is 3.33. The molecule has 3 nitrogen and oxygen atoms in total. The number of nitriles is 1. The van der Waals surface area contributed by atoms with Crippen LogP contribution in [0.3, 0.4) is 0 Å². The quantitative estimate of drug-likeness (QED) is 0.778. The molecule has 0 saturated heterocycles. The summed E-state index contributed by atoms with van der Waals surface area (Å²) in [6.07, 6.45) is 2.44. The van der Waals surface area contributed by atoms with E-state index in [0.717, 1.165) is 18.2 Å². The van der Waals surface area contributed by atoms with Crippen LogP contribution in [0.25, 0.3) is 0 Å². The molecular formula is C16H24N2O. The Balaban J connectivity index is 2.35. The number of nitrogens with zero attached hydrogens (tertiary/aromatic N) is 1. The average Bonchev–Trinajstić information content (AvgIpc) is 2.43. The second-order valence-electron chi connectivity index (χ2n) is 5.12. The monoisotopic (exact) mass is 260 g/mol. The Bertz CT molecular complexity index is 394. The van der Waals surface area contributed by atoms with Crippen molar-refractivity contribution < 1.29 is 4.74 Å². The SMILES string of the molecule is CCC(C)CC(C)NCc1ccc(OCC#N)cc1. The molecule has 0 amide bonds. The molecule has 0 saturated carbocycles. The van der Waals surface area contributed by atoms with Gasteiger partial charge in [-0.2, -0.15) is 5.26 Å². The van der Waals surface area contributed by atoms with E-state index >= 15 is 0 Å². The lowest BCUT2D eigenvalue weighted by atomic mass is 10.0. The van der Waals surface area contributed by atoms with Gasteiger partial charge < -0.3 is 10.1 Å². The van der Waals surface area contributed by atoms with Crippen LogP contribution < -0.4 is 10.1 Å². The number of hydrogen-bond acceptors (Lipinski definition) is 3. The predicted molar refractivity (Wildman–Crippen MR) is 77.9 cm³/mol. The first-order valence-electron chi connectivity index (χ1n) is 6.97. The van der Waals surface area contributed by atoms with Gasteiger partial charge in [0.15, 0.2) is 6.61 Å². The first-order chi connectivity index (χ1) is 9.15. The summed E-state index contributed by atoms with van der Waals surface area (Å²) in [6, 6.07) is 10.4. The topological polar surface area (TPSA) is 45.0 Å². The van der Waals surface area contributed by atoms with E-state index in [4.69, 9.17) is 10.00 Å². The van der Waals surface area contributed by atoms with Crippen LogP contribution in [-0.4, -0.2) is 12.6 Å². The molecule has 0 radical (unpaired) electrons. The van der Waals surface area contributed by atoms with Gasteiger partial charge in [0.1, 0.15) is 11.8 Å². The number of rotatable bonds is 8. The summed E-state index contributed by atoms with van der Waals surface area (Å²) in [5, 5.41) is 12.0. The fourth-order valence-electron chi connectivity index (χ4n) is 1.96. The largest absolute Gasteiger partial charge is 0.479 e. The van der Waals surface area contributed by atoms with Gasteiger partial charge >= 0.3 is 0 Å². The highest BCUT2D eigenvalue weighted by Gasteiger charge is 2.06. The minimum absolute atomic E-state index is 0.101. The van der Waals surface area contributed by atoms with Crippen molar-refractivity contribution in [3.8, 4) is 11.8 Å². The Morgan fingerprint density at radius 3 is 2.53 bits per heavy atom. The molecule has 2 unspecified atom stereocenters. The van der Waals surface area contributed by atoms with Crippen LogP contribution >= 0.6 is 0 Å². The summed E-state index contributed by atoms with van der Waals surface area (Å²) in [5.41, 5.74) is 1.24. The molecule has 2 atom stereocenters. The summed E-state index contributed by atoms with van der Waals surface area (Å²) >= 11 is 0. The van der Waals surface area contributed by atoms with E-state index in [1.807, 2.05) is 30.3 Å². The van der Waals surface area contributed by atoms with Gasteiger partial charge in [-0.3, -0.25) is 0 Å². The minimum atomic E-state index is 0.101. The maximum atomic E-state index is 8.43. The van der Waals surface area contributed by atoms with Gasteiger partial charge in [-0.1, -0.05) is 32.4 Å². The third-order valence-electron chi connectivity index (χ3n) is 3.33. The van der Waals surface area contributed by atoms with Gasteiger partial charge in [-0.25, -0.2) is 0 Å². The molecule has 104 valence electrons. The number of ether oxygens (including phenoxy) is 1. The van der Waals surface area contributed by atoms with Crippen molar-refractivity contribution in [1.82, 2.24) is 5.32 Å². The van der Waals surface area contributed by atoms with Crippen LogP contribution in [-0.2, 0) is 6.54 Å². The Morgan fingerprint density at radius 1 is 1.26 bits per heavy atom. The van der Waals surface area contributed by atoms with Crippen molar-refractivity contribution in [2.75, 3.05) is 6.61 Å². The standard InChI is InChI=1S/C16H24N2O/c1-4-13(2)11-14(3)18-12-15-5-7-16(8-6-15)19-10-9-17/h5-8,13-14,18H,4,10-12H2,1-3H3. The Kier molecular flexibility index (Phi) is 6.99. The lowest BCUT2D eigenvalue weighted by molar-refractivity contribution is 0.368. The van der Waals surface area contributed by atoms with Gasteiger partial charge in [-0.15, -0.1) is 0 Å². The highest BCUT2D eigenvalue weighted by Crippen LogP contribution is 2.13. The zero-order valence-corrected chi connectivity index (χ0v) is 12.1. The second kappa shape index (κ2) is 8.55. The van der Waals surface area contributed by atoms with Crippen molar-refractivity contribution in [3.05, 3.63) is 29.8 Å². The molecule has 0 fully saturated rings. The van der Waals surface area contributed by atoms with Crippen LogP contribution in [0.2, 0.25) is 0 Å². The Labute approximate surface area is 116 Å².